The highest BCUT2D eigenvalue weighted by Gasteiger charge is 2.19. The number of aromatic nitrogens is 1. The molecule has 0 bridgehead atoms. The lowest BCUT2D eigenvalue weighted by Gasteiger charge is -2.27. The lowest BCUT2D eigenvalue weighted by Crippen LogP contribution is -2.27. The fourth-order valence-corrected chi connectivity index (χ4v) is 2.81. The molecule has 0 amide bonds. The van der Waals surface area contributed by atoms with E-state index in [-0.39, 0.29) is 0 Å². The van der Waals surface area contributed by atoms with E-state index in [1.54, 1.807) is 0 Å². The summed E-state index contributed by atoms with van der Waals surface area (Å²) in [7, 11) is 0. The van der Waals surface area contributed by atoms with Crippen molar-refractivity contribution in [3.05, 3.63) is 30.1 Å². The monoisotopic (exact) mass is 232 g/mol. The smallest absolute Gasteiger partial charge is 0.0271 e. The number of rotatable bonds is 5. The first-order valence-electron chi connectivity index (χ1n) is 6.96. The van der Waals surface area contributed by atoms with Crippen LogP contribution in [-0.2, 0) is 6.54 Å². The minimum atomic E-state index is 0.817. The van der Waals surface area contributed by atoms with Gasteiger partial charge in [-0.1, -0.05) is 39.0 Å². The predicted molar refractivity (Wildman–Crippen MR) is 71.7 cm³/mol. The highest BCUT2D eigenvalue weighted by Crippen LogP contribution is 2.29. The molecule has 2 nitrogen and oxygen atoms in total. The number of hydrogen-bond donors (Lipinski definition) is 1. The first kappa shape index (κ1) is 12.6. The molecule has 1 N–H and O–H groups in total. The minimum Gasteiger partial charge on any atom is -0.312 e. The van der Waals surface area contributed by atoms with E-state index in [2.05, 4.69) is 29.4 Å². The zero-order valence-corrected chi connectivity index (χ0v) is 10.9. The second kappa shape index (κ2) is 6.75. The Bertz CT molecular complexity index is 304. The van der Waals surface area contributed by atoms with Crippen molar-refractivity contribution in [2.75, 3.05) is 6.54 Å². The summed E-state index contributed by atoms with van der Waals surface area (Å²) in [5, 5.41) is 3.57. The molecule has 94 valence electrons. The quantitative estimate of drug-likeness (QED) is 0.841. The predicted octanol–water partition coefficient (Wildman–Crippen LogP) is 3.39. The minimum absolute atomic E-state index is 0.817. The average Bonchev–Trinajstić information content (AvgIpc) is 2.41. The maximum atomic E-state index is 4.03. The van der Waals surface area contributed by atoms with Gasteiger partial charge in [0.15, 0.2) is 0 Å². The summed E-state index contributed by atoms with van der Waals surface area (Å²) in [5.74, 6) is 1.77. The van der Waals surface area contributed by atoms with Gasteiger partial charge >= 0.3 is 0 Å². The summed E-state index contributed by atoms with van der Waals surface area (Å²) in [4.78, 5) is 4.03. The molecule has 0 spiro atoms. The molecule has 2 heteroatoms. The lowest BCUT2D eigenvalue weighted by molar-refractivity contribution is 0.256. The fraction of sp³-hybridized carbons (Fsp3) is 0.667. The van der Waals surface area contributed by atoms with Crippen molar-refractivity contribution in [1.29, 1.82) is 0 Å². The maximum absolute atomic E-state index is 4.03. The van der Waals surface area contributed by atoms with Gasteiger partial charge in [-0.2, -0.15) is 0 Å². The van der Waals surface area contributed by atoms with Crippen molar-refractivity contribution in [2.45, 2.75) is 45.6 Å². The molecule has 0 radical (unpaired) electrons. The van der Waals surface area contributed by atoms with Crippen LogP contribution < -0.4 is 5.32 Å². The van der Waals surface area contributed by atoms with Gasteiger partial charge in [-0.25, -0.2) is 0 Å². The van der Waals surface area contributed by atoms with Crippen LogP contribution in [0.3, 0.4) is 0 Å². The molecule has 0 saturated heterocycles. The van der Waals surface area contributed by atoms with Gasteiger partial charge in [0, 0.05) is 18.9 Å². The zero-order valence-electron chi connectivity index (χ0n) is 10.9. The normalized spacial score (nSPS) is 19.1. The van der Waals surface area contributed by atoms with Crippen LogP contribution in [0.1, 0.15) is 44.6 Å². The summed E-state index contributed by atoms with van der Waals surface area (Å²) >= 11 is 0. The lowest BCUT2D eigenvalue weighted by atomic mass is 9.81. The molecule has 0 aromatic carbocycles. The van der Waals surface area contributed by atoms with Crippen LogP contribution in [0.15, 0.2) is 24.5 Å². The standard InChI is InChI=1S/C15H24N2/c1-13(15-5-3-2-4-6-15)11-17-12-14-7-9-16-10-8-14/h7-10,13,15,17H,2-6,11-12H2,1H3. The van der Waals surface area contributed by atoms with E-state index in [1.807, 2.05) is 12.4 Å². The van der Waals surface area contributed by atoms with Crippen LogP contribution in [0, 0.1) is 11.8 Å². The molecule has 17 heavy (non-hydrogen) atoms. The molecule has 1 saturated carbocycles. The Kier molecular flexibility index (Phi) is 4.99. The van der Waals surface area contributed by atoms with Crippen molar-refractivity contribution in [2.24, 2.45) is 11.8 Å². The topological polar surface area (TPSA) is 24.9 Å². The molecule has 1 aliphatic rings. The molecule has 1 aliphatic carbocycles. The Balaban J connectivity index is 1.67. The molecule has 1 fully saturated rings. The molecule has 1 atom stereocenters. The van der Waals surface area contributed by atoms with E-state index in [0.717, 1.165) is 24.9 Å². The van der Waals surface area contributed by atoms with Crippen molar-refractivity contribution in [3.8, 4) is 0 Å². The van der Waals surface area contributed by atoms with Gasteiger partial charge < -0.3 is 5.32 Å². The Labute approximate surface area is 105 Å². The molecule has 1 unspecified atom stereocenters. The van der Waals surface area contributed by atoms with Crippen LogP contribution in [0.25, 0.3) is 0 Å². The highest BCUT2D eigenvalue weighted by atomic mass is 14.9. The molecule has 1 aromatic rings. The van der Waals surface area contributed by atoms with Crippen LogP contribution in [0.5, 0.6) is 0 Å². The average molecular weight is 232 g/mol. The largest absolute Gasteiger partial charge is 0.312 e. The van der Waals surface area contributed by atoms with E-state index in [0.29, 0.717) is 0 Å². The molecule has 2 rings (SSSR count). The molecular formula is C15H24N2. The molecular weight excluding hydrogens is 208 g/mol. The third kappa shape index (κ3) is 4.12. The fourth-order valence-electron chi connectivity index (χ4n) is 2.81. The van der Waals surface area contributed by atoms with Crippen molar-refractivity contribution < 1.29 is 0 Å². The van der Waals surface area contributed by atoms with Crippen molar-refractivity contribution in [1.82, 2.24) is 10.3 Å². The second-order valence-corrected chi connectivity index (χ2v) is 5.36. The summed E-state index contributed by atoms with van der Waals surface area (Å²) in [5.41, 5.74) is 1.33. The van der Waals surface area contributed by atoms with Crippen LogP contribution in [-0.4, -0.2) is 11.5 Å². The number of pyridine rings is 1. The summed E-state index contributed by atoms with van der Waals surface area (Å²) in [6.07, 6.45) is 11.0. The molecule has 1 aromatic heterocycles. The Morgan fingerprint density at radius 2 is 1.94 bits per heavy atom. The maximum Gasteiger partial charge on any atom is 0.0271 e. The first-order chi connectivity index (χ1) is 8.36. The zero-order chi connectivity index (χ0) is 11.9. The third-order valence-electron chi connectivity index (χ3n) is 4.00. The molecule has 1 heterocycles. The first-order valence-corrected chi connectivity index (χ1v) is 6.96. The van der Waals surface area contributed by atoms with Gasteiger partial charge in [0.1, 0.15) is 0 Å². The van der Waals surface area contributed by atoms with Gasteiger partial charge in [-0.15, -0.1) is 0 Å². The second-order valence-electron chi connectivity index (χ2n) is 5.36. The number of nitrogens with zero attached hydrogens (tertiary/aromatic N) is 1. The highest BCUT2D eigenvalue weighted by molar-refractivity contribution is 5.08. The third-order valence-corrected chi connectivity index (χ3v) is 4.00. The molecule has 0 aliphatic heterocycles. The summed E-state index contributed by atoms with van der Waals surface area (Å²) in [6.45, 7) is 4.52. The van der Waals surface area contributed by atoms with Crippen LogP contribution in [0.4, 0.5) is 0 Å². The number of nitrogens with one attached hydrogen (secondary N) is 1. The van der Waals surface area contributed by atoms with Gasteiger partial charge in [-0.05, 0) is 36.1 Å². The summed E-state index contributed by atoms with van der Waals surface area (Å²) < 4.78 is 0. The Morgan fingerprint density at radius 3 is 2.65 bits per heavy atom. The Hall–Kier alpha value is -0.890. The van der Waals surface area contributed by atoms with E-state index in [4.69, 9.17) is 0 Å². The SMILES string of the molecule is CC(CNCc1ccncc1)C1CCCCC1. The summed E-state index contributed by atoms with van der Waals surface area (Å²) in [6, 6.07) is 4.16. The van der Waals surface area contributed by atoms with Gasteiger partial charge in [-0.3, -0.25) is 4.98 Å². The Morgan fingerprint density at radius 1 is 1.24 bits per heavy atom. The van der Waals surface area contributed by atoms with Crippen LogP contribution >= 0.6 is 0 Å². The van der Waals surface area contributed by atoms with Crippen LogP contribution in [0.2, 0.25) is 0 Å². The van der Waals surface area contributed by atoms with Crippen molar-refractivity contribution >= 4 is 0 Å². The van der Waals surface area contributed by atoms with E-state index < -0.39 is 0 Å². The van der Waals surface area contributed by atoms with Gasteiger partial charge in [0.25, 0.3) is 0 Å². The van der Waals surface area contributed by atoms with Crippen molar-refractivity contribution in [3.63, 3.8) is 0 Å². The van der Waals surface area contributed by atoms with Gasteiger partial charge in [0.2, 0.25) is 0 Å². The van der Waals surface area contributed by atoms with E-state index in [1.165, 1.54) is 37.7 Å². The van der Waals surface area contributed by atoms with E-state index in [9.17, 15) is 0 Å². The van der Waals surface area contributed by atoms with E-state index >= 15 is 0 Å². The van der Waals surface area contributed by atoms with Gasteiger partial charge in [0.05, 0.1) is 0 Å². The number of hydrogen-bond acceptors (Lipinski definition) is 2.